The number of hydrogen-bond acceptors (Lipinski definition) is 6. The molecule has 0 saturated carbocycles. The smallest absolute Gasteiger partial charge is 0.428 e. The third-order valence-electron chi connectivity index (χ3n) is 9.49. The number of fused-ring (bicyclic) bond motifs is 7. The summed E-state index contributed by atoms with van der Waals surface area (Å²) in [5, 5.41) is 6.28. The Morgan fingerprint density at radius 2 is 1.02 bits per heavy atom. The zero-order valence-corrected chi connectivity index (χ0v) is 34.0. The third kappa shape index (κ3) is 7.32. The fraction of sp³-hybridized carbons (Fsp3) is 0.298. The fourth-order valence-corrected chi connectivity index (χ4v) is 8.17. The van der Waals surface area contributed by atoms with Crippen LogP contribution in [0.5, 0.6) is 11.5 Å². The average Bonchev–Trinajstić information content (AvgIpc) is 3.24. The highest BCUT2D eigenvalue weighted by atomic mass is 31.1. The maximum atomic E-state index is 13.4. The Hall–Kier alpha value is -5.19. The third-order valence-corrected chi connectivity index (χ3v) is 10.5. The highest BCUT2D eigenvalue weighted by molar-refractivity contribution is 7.32. The second-order valence-corrected chi connectivity index (χ2v) is 18.3. The van der Waals surface area contributed by atoms with E-state index in [9.17, 15) is 4.79 Å². The van der Waals surface area contributed by atoms with Crippen molar-refractivity contribution in [3.63, 3.8) is 0 Å². The summed E-state index contributed by atoms with van der Waals surface area (Å²) in [6, 6.07) is 33.3. The van der Waals surface area contributed by atoms with Crippen LogP contribution in [0.4, 0.5) is 4.79 Å². The van der Waals surface area contributed by atoms with Gasteiger partial charge in [0.2, 0.25) is 0 Å². The van der Waals surface area contributed by atoms with Crippen LogP contribution in [0.25, 0.3) is 54.6 Å². The molecule has 0 unspecified atom stereocenters. The molecule has 6 aromatic carbocycles. The van der Waals surface area contributed by atoms with E-state index in [-0.39, 0.29) is 10.8 Å². The van der Waals surface area contributed by atoms with Gasteiger partial charge in [0.1, 0.15) is 28.3 Å². The van der Waals surface area contributed by atoms with E-state index in [4.69, 9.17) is 22.4 Å². The minimum absolute atomic E-state index is 0.345. The molecule has 0 atom stereocenters. The molecule has 1 heterocycles. The fourth-order valence-electron chi connectivity index (χ4n) is 7.09. The summed E-state index contributed by atoms with van der Waals surface area (Å²) in [6.07, 6.45) is -0.767. The van der Waals surface area contributed by atoms with E-state index < -0.39 is 20.0 Å². The Labute approximate surface area is 318 Å². The van der Waals surface area contributed by atoms with Gasteiger partial charge in [-0.05, 0) is 102 Å². The van der Waals surface area contributed by atoms with Crippen LogP contribution in [-0.2, 0) is 15.6 Å². The van der Waals surface area contributed by atoms with Gasteiger partial charge in [-0.1, -0.05) is 114 Å². The Morgan fingerprint density at radius 1 is 0.574 bits per heavy atom. The van der Waals surface area contributed by atoms with Crippen LogP contribution < -0.4 is 9.26 Å². The molecule has 0 aliphatic heterocycles. The van der Waals surface area contributed by atoms with Gasteiger partial charge in [0.25, 0.3) is 0 Å². The van der Waals surface area contributed by atoms with Crippen molar-refractivity contribution in [2.45, 2.75) is 92.6 Å². The van der Waals surface area contributed by atoms with E-state index in [1.165, 1.54) is 0 Å². The molecular weight excluding hydrogens is 691 g/mol. The molecule has 0 fully saturated rings. The molecule has 0 saturated heterocycles. The Kier molecular flexibility index (Phi) is 9.34. The summed E-state index contributed by atoms with van der Waals surface area (Å²) in [5.74, 6) is 1.03. The molecule has 0 amide bonds. The number of ether oxygens (including phenoxy) is 2. The van der Waals surface area contributed by atoms with E-state index in [1.807, 2.05) is 51.1 Å². The Bertz CT molecular complexity index is 2530. The van der Waals surface area contributed by atoms with Crippen molar-refractivity contribution in [1.82, 2.24) is 0 Å². The lowest BCUT2D eigenvalue weighted by atomic mass is 9.80. The minimum Gasteiger partial charge on any atom is -0.428 e. The van der Waals surface area contributed by atoms with Crippen LogP contribution in [-0.4, -0.2) is 11.8 Å². The van der Waals surface area contributed by atoms with Crippen LogP contribution in [0.3, 0.4) is 0 Å². The standard InChI is InChI=1S/C47H49O6P/c1-28-24-34(42(36(26-28)45(3,4)5)49-44(48)50-47(9,10)11)35-25-29(2)27-37(46(6,7)8)43(35)53-54-51-38-22-20-30-16-12-14-18-32(30)40(38)41-33-19-15-13-17-31(33)21-23-39(41)52-54/h12-27H,1-11H3. The van der Waals surface area contributed by atoms with Crippen molar-refractivity contribution in [2.24, 2.45) is 0 Å². The van der Waals surface area contributed by atoms with Crippen LogP contribution in [0.15, 0.2) is 105 Å². The molecule has 0 bridgehead atoms. The molecule has 7 heteroatoms. The van der Waals surface area contributed by atoms with Gasteiger partial charge in [-0.3, -0.25) is 0 Å². The van der Waals surface area contributed by atoms with E-state index in [2.05, 4.69) is 122 Å². The van der Waals surface area contributed by atoms with Crippen molar-refractivity contribution in [3.8, 4) is 22.6 Å². The van der Waals surface area contributed by atoms with Gasteiger partial charge in [-0.15, -0.1) is 0 Å². The molecule has 1 aromatic heterocycles. The van der Waals surface area contributed by atoms with Gasteiger partial charge in [-0.2, -0.15) is 0 Å². The first-order chi connectivity index (χ1) is 25.4. The quantitative estimate of drug-likeness (QED) is 0.132. The Morgan fingerprint density at radius 3 is 1.48 bits per heavy atom. The summed E-state index contributed by atoms with van der Waals surface area (Å²) in [7, 11) is -2.05. The zero-order valence-electron chi connectivity index (χ0n) is 33.1. The van der Waals surface area contributed by atoms with Crippen LogP contribution in [0.2, 0.25) is 0 Å². The van der Waals surface area contributed by atoms with Crippen LogP contribution in [0.1, 0.15) is 84.6 Å². The van der Waals surface area contributed by atoms with E-state index >= 15 is 0 Å². The topological polar surface area (TPSA) is 71.0 Å². The molecule has 278 valence electrons. The first kappa shape index (κ1) is 37.1. The number of carbonyl (C=O) groups excluding carboxylic acids is 1. The zero-order chi connectivity index (χ0) is 38.7. The number of benzene rings is 6. The van der Waals surface area contributed by atoms with Gasteiger partial charge in [0, 0.05) is 33.0 Å². The summed E-state index contributed by atoms with van der Waals surface area (Å²) in [6.45, 7) is 22.4. The number of carbonyl (C=O) groups is 1. The average molecular weight is 741 g/mol. The molecular formula is C47H49O6P. The van der Waals surface area contributed by atoms with Gasteiger partial charge in [0.15, 0.2) is 0 Å². The number of hydrogen-bond donors (Lipinski definition) is 0. The minimum atomic E-state index is -2.05. The summed E-state index contributed by atoms with van der Waals surface area (Å²) in [4.78, 5) is 13.4. The molecule has 7 aromatic rings. The predicted molar refractivity (Wildman–Crippen MR) is 223 cm³/mol. The molecule has 0 aliphatic rings. The Balaban J connectivity index is 1.55. The lowest BCUT2D eigenvalue weighted by Gasteiger charge is -2.28. The first-order valence-corrected chi connectivity index (χ1v) is 19.6. The molecule has 0 spiro atoms. The van der Waals surface area contributed by atoms with E-state index in [0.717, 1.165) is 65.7 Å². The van der Waals surface area contributed by atoms with E-state index in [1.54, 1.807) is 0 Å². The van der Waals surface area contributed by atoms with Gasteiger partial charge in [-0.25, -0.2) is 4.79 Å². The summed E-state index contributed by atoms with van der Waals surface area (Å²) >= 11 is 0. The number of aryl methyl sites for hydroxylation is 2. The lowest BCUT2D eigenvalue weighted by Crippen LogP contribution is -2.27. The van der Waals surface area contributed by atoms with Crippen molar-refractivity contribution < 1.29 is 27.2 Å². The highest BCUT2D eigenvalue weighted by Gasteiger charge is 2.31. The molecule has 0 aliphatic carbocycles. The second-order valence-electron chi connectivity index (χ2n) is 17.3. The second kappa shape index (κ2) is 13.6. The van der Waals surface area contributed by atoms with Crippen molar-refractivity contribution in [1.29, 1.82) is 0 Å². The van der Waals surface area contributed by atoms with Crippen molar-refractivity contribution >= 4 is 57.9 Å². The van der Waals surface area contributed by atoms with Gasteiger partial charge in [0.05, 0.1) is 0 Å². The maximum absolute atomic E-state index is 13.4. The maximum Gasteiger partial charge on any atom is 0.514 e. The van der Waals surface area contributed by atoms with E-state index in [0.29, 0.717) is 22.7 Å². The van der Waals surface area contributed by atoms with Crippen molar-refractivity contribution in [2.75, 3.05) is 0 Å². The van der Waals surface area contributed by atoms with Gasteiger partial charge < -0.3 is 22.4 Å². The van der Waals surface area contributed by atoms with Gasteiger partial charge >= 0.3 is 14.4 Å². The highest BCUT2D eigenvalue weighted by Crippen LogP contribution is 2.51. The molecule has 6 nitrogen and oxygen atoms in total. The normalized spacial score (nSPS) is 12.4. The van der Waals surface area contributed by atoms with Crippen molar-refractivity contribution in [3.05, 3.63) is 119 Å². The number of rotatable bonds is 4. The SMILES string of the molecule is Cc1cc(-c2cc(C)cc(C(C)(C)C)c2Op2oc3ccc4ccccc4c3c3c(ccc4ccccc43)o2)c(OC(=O)OC(C)(C)C)c(C(C)(C)C)c1. The molecule has 0 N–H and O–H groups in total. The lowest BCUT2D eigenvalue weighted by molar-refractivity contribution is 0.0204. The predicted octanol–water partition coefficient (Wildman–Crippen LogP) is 14.6. The summed E-state index contributed by atoms with van der Waals surface area (Å²) in [5.41, 5.74) is 5.30. The van der Waals surface area contributed by atoms with Crippen LogP contribution >= 0.6 is 8.24 Å². The van der Waals surface area contributed by atoms with Crippen LogP contribution in [0, 0.1) is 13.8 Å². The molecule has 54 heavy (non-hydrogen) atoms. The summed E-state index contributed by atoms with van der Waals surface area (Å²) < 4.78 is 32.8. The largest absolute Gasteiger partial charge is 0.514 e. The molecule has 7 rings (SSSR count). The monoisotopic (exact) mass is 740 g/mol. The first-order valence-electron chi connectivity index (χ1n) is 18.5. The molecule has 0 radical (unpaired) electrons.